The van der Waals surface area contributed by atoms with Crippen LogP contribution in [0, 0.1) is 0 Å². The maximum Gasteiger partial charge on any atom is 0.251 e. The Kier molecular flexibility index (Phi) is 8.97. The SMILES string of the molecule is CCN(CCOC)Cc1ccc2c(c1)CC[C@H](NC(=O)c1ccc(OC[C@@H]3CCCO3)cc1)C2. The Morgan fingerprint density at radius 2 is 2.00 bits per heavy atom. The Labute approximate surface area is 203 Å². The third-order valence-corrected chi connectivity index (χ3v) is 6.88. The van der Waals surface area contributed by atoms with Gasteiger partial charge in [0.2, 0.25) is 0 Å². The van der Waals surface area contributed by atoms with Gasteiger partial charge >= 0.3 is 0 Å². The van der Waals surface area contributed by atoms with Gasteiger partial charge in [0.15, 0.2) is 0 Å². The number of benzene rings is 2. The Morgan fingerprint density at radius 1 is 1.15 bits per heavy atom. The van der Waals surface area contributed by atoms with Gasteiger partial charge in [0.1, 0.15) is 12.4 Å². The molecule has 1 saturated heterocycles. The first-order chi connectivity index (χ1) is 16.6. The maximum absolute atomic E-state index is 12.8. The van der Waals surface area contributed by atoms with E-state index < -0.39 is 0 Å². The quantitative estimate of drug-likeness (QED) is 0.543. The Morgan fingerprint density at radius 3 is 2.74 bits per heavy atom. The lowest BCUT2D eigenvalue weighted by atomic mass is 9.87. The van der Waals surface area contributed by atoms with Crippen molar-refractivity contribution in [1.29, 1.82) is 0 Å². The molecule has 0 bridgehead atoms. The van der Waals surface area contributed by atoms with Gasteiger partial charge in [0.05, 0.1) is 12.7 Å². The van der Waals surface area contributed by atoms with Crippen molar-refractivity contribution in [3.05, 3.63) is 64.7 Å². The lowest BCUT2D eigenvalue weighted by molar-refractivity contribution is 0.0679. The van der Waals surface area contributed by atoms with E-state index in [0.29, 0.717) is 12.2 Å². The zero-order chi connectivity index (χ0) is 23.8. The standard InChI is InChI=1S/C28H38N2O4/c1-3-30(14-16-32-2)19-21-6-7-24-18-25(11-8-23(24)17-21)29-28(31)22-9-12-26(13-10-22)34-20-27-5-4-15-33-27/h6-7,9-10,12-13,17,25,27H,3-5,8,11,14-16,18-20H2,1-2H3,(H,29,31)/t25-,27-/m0/s1. The summed E-state index contributed by atoms with van der Waals surface area (Å²) in [5, 5.41) is 3.23. The fourth-order valence-electron chi connectivity index (χ4n) is 4.79. The van der Waals surface area contributed by atoms with Crippen molar-refractivity contribution >= 4 is 5.91 Å². The van der Waals surface area contributed by atoms with Crippen LogP contribution in [0.1, 0.15) is 53.2 Å². The molecule has 1 aliphatic carbocycles. The summed E-state index contributed by atoms with van der Waals surface area (Å²) in [4.78, 5) is 15.2. The van der Waals surface area contributed by atoms with Gasteiger partial charge in [-0.05, 0) is 79.6 Å². The lowest BCUT2D eigenvalue weighted by Gasteiger charge is -2.27. The normalized spacial score (nSPS) is 19.7. The molecule has 0 aromatic heterocycles. The fourth-order valence-corrected chi connectivity index (χ4v) is 4.79. The summed E-state index contributed by atoms with van der Waals surface area (Å²) in [6.07, 6.45) is 5.18. The molecule has 1 N–H and O–H groups in total. The summed E-state index contributed by atoms with van der Waals surface area (Å²) in [6.45, 7) is 7.24. The van der Waals surface area contributed by atoms with Crippen molar-refractivity contribution in [2.75, 3.05) is 40.0 Å². The molecule has 2 aromatic rings. The van der Waals surface area contributed by atoms with Crippen molar-refractivity contribution in [1.82, 2.24) is 10.2 Å². The molecular weight excluding hydrogens is 428 g/mol. The first-order valence-corrected chi connectivity index (χ1v) is 12.6. The second-order valence-corrected chi connectivity index (χ2v) is 9.35. The lowest BCUT2D eigenvalue weighted by Crippen LogP contribution is -2.38. The monoisotopic (exact) mass is 466 g/mol. The number of fused-ring (bicyclic) bond motifs is 1. The molecule has 1 fully saturated rings. The van der Waals surface area contributed by atoms with Gasteiger partial charge in [-0.2, -0.15) is 0 Å². The van der Waals surface area contributed by atoms with Gasteiger partial charge in [-0.25, -0.2) is 0 Å². The number of ether oxygens (including phenoxy) is 3. The molecule has 0 radical (unpaired) electrons. The van der Waals surface area contributed by atoms with E-state index in [2.05, 4.69) is 35.3 Å². The van der Waals surface area contributed by atoms with Crippen LogP contribution >= 0.6 is 0 Å². The number of nitrogens with zero attached hydrogens (tertiary/aromatic N) is 1. The van der Waals surface area contributed by atoms with Gasteiger partial charge < -0.3 is 19.5 Å². The molecule has 6 nitrogen and oxygen atoms in total. The summed E-state index contributed by atoms with van der Waals surface area (Å²) in [6, 6.07) is 14.4. The third kappa shape index (κ3) is 6.81. The molecule has 34 heavy (non-hydrogen) atoms. The minimum atomic E-state index is -0.0209. The molecule has 1 heterocycles. The topological polar surface area (TPSA) is 60.0 Å². The van der Waals surface area contributed by atoms with Crippen molar-refractivity contribution in [2.24, 2.45) is 0 Å². The zero-order valence-electron chi connectivity index (χ0n) is 20.6. The smallest absolute Gasteiger partial charge is 0.251 e. The van der Waals surface area contributed by atoms with Crippen LogP contribution in [-0.4, -0.2) is 63.0 Å². The van der Waals surface area contributed by atoms with E-state index in [0.717, 1.165) is 70.7 Å². The second-order valence-electron chi connectivity index (χ2n) is 9.35. The van der Waals surface area contributed by atoms with E-state index in [-0.39, 0.29) is 18.1 Å². The zero-order valence-corrected chi connectivity index (χ0v) is 20.6. The molecule has 6 heteroatoms. The molecule has 0 unspecified atom stereocenters. The van der Waals surface area contributed by atoms with Gasteiger partial charge in [-0.1, -0.05) is 25.1 Å². The Balaban J connectivity index is 1.27. The molecule has 4 rings (SSSR count). The van der Waals surface area contributed by atoms with Gasteiger partial charge in [0.25, 0.3) is 5.91 Å². The fraction of sp³-hybridized carbons (Fsp3) is 0.536. The van der Waals surface area contributed by atoms with Crippen LogP contribution in [0.2, 0.25) is 0 Å². The minimum Gasteiger partial charge on any atom is -0.491 e. The first kappa shape index (κ1) is 24.7. The minimum absolute atomic E-state index is 0.0209. The van der Waals surface area contributed by atoms with Crippen molar-refractivity contribution in [3.8, 4) is 5.75 Å². The highest BCUT2D eigenvalue weighted by Gasteiger charge is 2.21. The number of nitrogens with one attached hydrogen (secondary N) is 1. The van der Waals surface area contributed by atoms with Crippen LogP contribution in [0.25, 0.3) is 0 Å². The highest BCUT2D eigenvalue weighted by atomic mass is 16.5. The second kappa shape index (κ2) is 12.3. The van der Waals surface area contributed by atoms with Gasteiger partial charge in [-0.15, -0.1) is 0 Å². The maximum atomic E-state index is 12.8. The Hall–Kier alpha value is -2.41. The van der Waals surface area contributed by atoms with E-state index in [1.54, 1.807) is 7.11 Å². The van der Waals surface area contributed by atoms with Crippen molar-refractivity contribution in [2.45, 2.75) is 57.7 Å². The average molecular weight is 467 g/mol. The van der Waals surface area contributed by atoms with Crippen molar-refractivity contribution in [3.63, 3.8) is 0 Å². The first-order valence-electron chi connectivity index (χ1n) is 12.6. The van der Waals surface area contributed by atoms with E-state index in [9.17, 15) is 4.79 Å². The summed E-state index contributed by atoms with van der Waals surface area (Å²) >= 11 is 0. The van der Waals surface area contributed by atoms with Crippen LogP contribution in [0.4, 0.5) is 0 Å². The van der Waals surface area contributed by atoms with E-state index in [1.807, 2.05) is 24.3 Å². The average Bonchev–Trinajstić information content (AvgIpc) is 3.39. The molecule has 2 aromatic carbocycles. The predicted molar refractivity (Wildman–Crippen MR) is 133 cm³/mol. The number of aryl methyl sites for hydroxylation is 1. The Bertz CT molecular complexity index is 925. The van der Waals surface area contributed by atoms with Gasteiger partial charge in [-0.3, -0.25) is 9.69 Å². The van der Waals surface area contributed by atoms with E-state index in [4.69, 9.17) is 14.2 Å². The summed E-state index contributed by atoms with van der Waals surface area (Å²) < 4.78 is 16.6. The number of likely N-dealkylation sites (N-methyl/N-ethyl adjacent to an activating group) is 1. The molecule has 0 spiro atoms. The molecule has 1 aliphatic heterocycles. The molecule has 1 amide bonds. The number of hydrogen-bond donors (Lipinski definition) is 1. The largest absolute Gasteiger partial charge is 0.491 e. The van der Waals surface area contributed by atoms with E-state index >= 15 is 0 Å². The summed E-state index contributed by atoms with van der Waals surface area (Å²) in [5.41, 5.74) is 4.78. The highest BCUT2D eigenvalue weighted by Crippen LogP contribution is 2.24. The molecule has 184 valence electrons. The van der Waals surface area contributed by atoms with Crippen LogP contribution in [0.15, 0.2) is 42.5 Å². The molecule has 2 atom stereocenters. The van der Waals surface area contributed by atoms with Crippen LogP contribution in [-0.2, 0) is 28.9 Å². The van der Waals surface area contributed by atoms with Crippen LogP contribution in [0.3, 0.4) is 0 Å². The number of hydrogen-bond acceptors (Lipinski definition) is 5. The molecule has 0 saturated carbocycles. The highest BCUT2D eigenvalue weighted by molar-refractivity contribution is 5.94. The van der Waals surface area contributed by atoms with Crippen molar-refractivity contribution < 1.29 is 19.0 Å². The number of methoxy groups -OCH3 is 1. The molecular formula is C28H38N2O4. The summed E-state index contributed by atoms with van der Waals surface area (Å²) in [7, 11) is 1.75. The predicted octanol–water partition coefficient (Wildman–Crippen LogP) is 4.00. The third-order valence-electron chi connectivity index (χ3n) is 6.88. The number of carbonyl (C=O) groups is 1. The number of amides is 1. The number of rotatable bonds is 11. The van der Waals surface area contributed by atoms with Crippen LogP contribution < -0.4 is 10.1 Å². The summed E-state index contributed by atoms with van der Waals surface area (Å²) in [5.74, 6) is 0.755. The molecule has 2 aliphatic rings. The number of carbonyl (C=O) groups excluding carboxylic acids is 1. The van der Waals surface area contributed by atoms with Gasteiger partial charge in [0, 0.05) is 38.4 Å². The van der Waals surface area contributed by atoms with E-state index in [1.165, 1.54) is 16.7 Å². The van der Waals surface area contributed by atoms with Crippen LogP contribution in [0.5, 0.6) is 5.75 Å².